The standard InChI is InChI=1S/C12H23N3/c1-8(2)15-11(5)12(10(4)14-15)9(3)7-13-6/h8-9,13H,7H2,1-6H3. The maximum atomic E-state index is 4.60. The third kappa shape index (κ3) is 2.40. The number of rotatable bonds is 4. The summed E-state index contributed by atoms with van der Waals surface area (Å²) in [6, 6.07) is 0.444. The molecule has 1 aromatic heterocycles. The first-order valence-corrected chi connectivity index (χ1v) is 5.69. The minimum Gasteiger partial charge on any atom is -0.319 e. The zero-order valence-electron chi connectivity index (χ0n) is 10.8. The van der Waals surface area contributed by atoms with Gasteiger partial charge in [0.05, 0.1) is 5.69 Å². The fourth-order valence-electron chi connectivity index (χ4n) is 2.30. The summed E-state index contributed by atoms with van der Waals surface area (Å²) >= 11 is 0. The predicted molar refractivity (Wildman–Crippen MR) is 64.4 cm³/mol. The molecule has 86 valence electrons. The van der Waals surface area contributed by atoms with Gasteiger partial charge in [-0.05, 0) is 40.7 Å². The van der Waals surface area contributed by atoms with Crippen LogP contribution in [0.4, 0.5) is 0 Å². The summed E-state index contributed by atoms with van der Waals surface area (Å²) in [4.78, 5) is 0. The van der Waals surface area contributed by atoms with E-state index in [4.69, 9.17) is 0 Å². The van der Waals surface area contributed by atoms with Crippen LogP contribution >= 0.6 is 0 Å². The highest BCUT2D eigenvalue weighted by Crippen LogP contribution is 2.24. The molecule has 15 heavy (non-hydrogen) atoms. The molecule has 0 amide bonds. The molecule has 1 N–H and O–H groups in total. The summed E-state index contributed by atoms with van der Waals surface area (Å²) in [7, 11) is 1.99. The van der Waals surface area contributed by atoms with E-state index in [1.807, 2.05) is 7.05 Å². The molecule has 0 radical (unpaired) electrons. The van der Waals surface area contributed by atoms with Crippen molar-refractivity contribution >= 4 is 0 Å². The largest absolute Gasteiger partial charge is 0.319 e. The highest BCUT2D eigenvalue weighted by Gasteiger charge is 2.17. The molecule has 1 aromatic rings. The first-order chi connectivity index (χ1) is 6.99. The molecule has 0 aliphatic carbocycles. The van der Waals surface area contributed by atoms with Crippen molar-refractivity contribution in [2.75, 3.05) is 13.6 Å². The lowest BCUT2D eigenvalue weighted by Gasteiger charge is -2.13. The summed E-state index contributed by atoms with van der Waals surface area (Å²) in [5.74, 6) is 0.530. The van der Waals surface area contributed by atoms with Crippen molar-refractivity contribution in [1.82, 2.24) is 15.1 Å². The molecular formula is C12H23N3. The number of nitrogens with zero attached hydrogens (tertiary/aromatic N) is 2. The highest BCUT2D eigenvalue weighted by atomic mass is 15.3. The summed E-state index contributed by atoms with van der Waals surface area (Å²) in [6.45, 7) is 11.9. The van der Waals surface area contributed by atoms with Gasteiger partial charge >= 0.3 is 0 Å². The predicted octanol–water partition coefficient (Wildman–Crippen LogP) is 2.40. The van der Waals surface area contributed by atoms with E-state index in [9.17, 15) is 0 Å². The fourth-order valence-corrected chi connectivity index (χ4v) is 2.30. The van der Waals surface area contributed by atoms with E-state index in [0.717, 1.165) is 6.54 Å². The molecule has 1 unspecified atom stereocenters. The topological polar surface area (TPSA) is 29.9 Å². The van der Waals surface area contributed by atoms with Crippen LogP contribution in [0, 0.1) is 13.8 Å². The van der Waals surface area contributed by atoms with E-state index in [1.54, 1.807) is 0 Å². The van der Waals surface area contributed by atoms with E-state index in [2.05, 4.69) is 49.7 Å². The van der Waals surface area contributed by atoms with Crippen molar-refractivity contribution in [1.29, 1.82) is 0 Å². The second-order valence-electron chi connectivity index (χ2n) is 4.58. The minimum atomic E-state index is 0.444. The van der Waals surface area contributed by atoms with E-state index < -0.39 is 0 Å². The zero-order valence-corrected chi connectivity index (χ0v) is 10.8. The van der Waals surface area contributed by atoms with Crippen LogP contribution in [0.3, 0.4) is 0 Å². The van der Waals surface area contributed by atoms with Gasteiger partial charge in [-0.1, -0.05) is 6.92 Å². The van der Waals surface area contributed by atoms with Crippen LogP contribution in [0.2, 0.25) is 0 Å². The molecule has 0 spiro atoms. The van der Waals surface area contributed by atoms with Gasteiger partial charge in [0.1, 0.15) is 0 Å². The molecule has 3 heteroatoms. The zero-order chi connectivity index (χ0) is 11.6. The normalized spacial score (nSPS) is 13.5. The average Bonchev–Trinajstić information content (AvgIpc) is 2.42. The van der Waals surface area contributed by atoms with Gasteiger partial charge in [0, 0.05) is 23.8 Å². The quantitative estimate of drug-likeness (QED) is 0.825. The molecule has 0 saturated carbocycles. The van der Waals surface area contributed by atoms with E-state index in [1.165, 1.54) is 17.0 Å². The first kappa shape index (κ1) is 12.2. The van der Waals surface area contributed by atoms with Crippen LogP contribution < -0.4 is 5.32 Å². The van der Waals surface area contributed by atoms with Gasteiger partial charge in [0.25, 0.3) is 0 Å². The molecule has 0 saturated heterocycles. The Hall–Kier alpha value is -0.830. The van der Waals surface area contributed by atoms with E-state index >= 15 is 0 Å². The van der Waals surface area contributed by atoms with Gasteiger partial charge in [0.15, 0.2) is 0 Å². The molecule has 1 heterocycles. The van der Waals surface area contributed by atoms with Crippen LogP contribution in [0.25, 0.3) is 0 Å². The van der Waals surface area contributed by atoms with Crippen LogP contribution in [-0.4, -0.2) is 23.4 Å². The van der Waals surface area contributed by atoms with Crippen LogP contribution in [0.15, 0.2) is 0 Å². The second-order valence-corrected chi connectivity index (χ2v) is 4.58. The monoisotopic (exact) mass is 209 g/mol. The molecule has 3 nitrogen and oxygen atoms in total. The van der Waals surface area contributed by atoms with Crippen LogP contribution in [0.1, 0.15) is 49.7 Å². The lowest BCUT2D eigenvalue weighted by Crippen LogP contribution is -2.16. The van der Waals surface area contributed by atoms with Crippen molar-refractivity contribution in [2.45, 2.75) is 46.6 Å². The van der Waals surface area contributed by atoms with E-state index in [-0.39, 0.29) is 0 Å². The Morgan fingerprint density at radius 1 is 1.27 bits per heavy atom. The summed E-state index contributed by atoms with van der Waals surface area (Å²) < 4.78 is 2.12. The number of hydrogen-bond donors (Lipinski definition) is 1. The molecule has 0 aromatic carbocycles. The third-order valence-electron chi connectivity index (χ3n) is 2.87. The Bertz CT molecular complexity index is 326. The fraction of sp³-hybridized carbons (Fsp3) is 0.750. The lowest BCUT2D eigenvalue weighted by atomic mass is 9.99. The number of aryl methyl sites for hydroxylation is 1. The number of likely N-dealkylation sites (N-methyl/N-ethyl adjacent to an activating group) is 1. The number of nitrogens with one attached hydrogen (secondary N) is 1. The molecule has 0 aliphatic heterocycles. The van der Waals surface area contributed by atoms with Gasteiger partial charge < -0.3 is 5.32 Å². The van der Waals surface area contributed by atoms with Crippen molar-refractivity contribution in [3.63, 3.8) is 0 Å². The smallest absolute Gasteiger partial charge is 0.0631 e. The summed E-state index contributed by atoms with van der Waals surface area (Å²) in [6.07, 6.45) is 0. The lowest BCUT2D eigenvalue weighted by molar-refractivity contribution is 0.514. The Balaban J connectivity index is 3.07. The molecule has 1 atom stereocenters. The molecular weight excluding hydrogens is 186 g/mol. The number of hydrogen-bond acceptors (Lipinski definition) is 2. The van der Waals surface area contributed by atoms with Crippen molar-refractivity contribution in [3.05, 3.63) is 17.0 Å². The maximum absolute atomic E-state index is 4.60. The van der Waals surface area contributed by atoms with Gasteiger partial charge in [-0.3, -0.25) is 4.68 Å². The Labute approximate surface area is 92.9 Å². The van der Waals surface area contributed by atoms with Crippen molar-refractivity contribution < 1.29 is 0 Å². The van der Waals surface area contributed by atoms with Gasteiger partial charge in [-0.15, -0.1) is 0 Å². The second kappa shape index (κ2) is 4.79. The van der Waals surface area contributed by atoms with Crippen LogP contribution in [0.5, 0.6) is 0 Å². The molecule has 1 rings (SSSR count). The SMILES string of the molecule is CNCC(C)c1c(C)nn(C(C)C)c1C. The summed E-state index contributed by atoms with van der Waals surface area (Å²) in [5.41, 5.74) is 3.88. The number of aromatic nitrogens is 2. The third-order valence-corrected chi connectivity index (χ3v) is 2.87. The van der Waals surface area contributed by atoms with Crippen molar-refractivity contribution in [2.24, 2.45) is 0 Å². The highest BCUT2D eigenvalue weighted by molar-refractivity contribution is 5.28. The molecule has 0 fully saturated rings. The van der Waals surface area contributed by atoms with Crippen molar-refractivity contribution in [3.8, 4) is 0 Å². The Morgan fingerprint density at radius 2 is 1.87 bits per heavy atom. The average molecular weight is 209 g/mol. The van der Waals surface area contributed by atoms with Crippen LogP contribution in [-0.2, 0) is 0 Å². The minimum absolute atomic E-state index is 0.444. The molecule has 0 aliphatic rings. The Morgan fingerprint density at radius 3 is 2.27 bits per heavy atom. The van der Waals surface area contributed by atoms with Gasteiger partial charge in [-0.25, -0.2) is 0 Å². The van der Waals surface area contributed by atoms with Gasteiger partial charge in [-0.2, -0.15) is 5.10 Å². The maximum Gasteiger partial charge on any atom is 0.0631 e. The summed E-state index contributed by atoms with van der Waals surface area (Å²) in [5, 5.41) is 7.82. The molecule has 0 bridgehead atoms. The van der Waals surface area contributed by atoms with Gasteiger partial charge in [0.2, 0.25) is 0 Å². The van der Waals surface area contributed by atoms with E-state index in [0.29, 0.717) is 12.0 Å². The Kier molecular flexibility index (Phi) is 3.91. The first-order valence-electron chi connectivity index (χ1n) is 5.69.